The van der Waals surface area contributed by atoms with E-state index in [0.29, 0.717) is 6.42 Å². The van der Waals surface area contributed by atoms with Crippen LogP contribution in [0.5, 0.6) is 0 Å². The molecule has 0 spiro atoms. The Kier molecular flexibility index (Phi) is 6.05. The minimum Gasteiger partial charge on any atom is -0.385 e. The first kappa shape index (κ1) is 18.3. The van der Waals surface area contributed by atoms with Crippen LogP contribution in [0.2, 0.25) is 0 Å². The molecule has 0 radical (unpaired) electrons. The van der Waals surface area contributed by atoms with E-state index in [-0.39, 0.29) is 5.78 Å². The van der Waals surface area contributed by atoms with Gasteiger partial charge in [0.2, 0.25) is 0 Å². The van der Waals surface area contributed by atoms with Gasteiger partial charge in [0.1, 0.15) is 0 Å². The van der Waals surface area contributed by atoms with Crippen molar-refractivity contribution in [2.24, 2.45) is 0 Å². The Morgan fingerprint density at radius 2 is 1.68 bits per heavy atom. The number of ketones is 1. The van der Waals surface area contributed by atoms with Gasteiger partial charge in [0.15, 0.2) is 5.78 Å². The average molecular weight is 402 g/mol. The van der Waals surface area contributed by atoms with Crippen LogP contribution in [0, 0.1) is 0 Å². The molecule has 0 aliphatic carbocycles. The van der Waals surface area contributed by atoms with Crippen molar-refractivity contribution in [3.63, 3.8) is 0 Å². The third-order valence-electron chi connectivity index (χ3n) is 5.04. The van der Waals surface area contributed by atoms with Crippen LogP contribution in [-0.2, 0) is 5.60 Å². The summed E-state index contributed by atoms with van der Waals surface area (Å²) in [5.41, 5.74) is 1.07. The van der Waals surface area contributed by atoms with Gasteiger partial charge in [0.05, 0.1) is 5.60 Å². The molecule has 1 saturated heterocycles. The summed E-state index contributed by atoms with van der Waals surface area (Å²) in [6.45, 7) is 2.65. The zero-order chi connectivity index (χ0) is 17.7. The summed E-state index contributed by atoms with van der Waals surface area (Å²) in [7, 11) is 0. The summed E-state index contributed by atoms with van der Waals surface area (Å²) in [4.78, 5) is 14.5. The van der Waals surface area contributed by atoms with Crippen LogP contribution in [0.1, 0.15) is 41.6 Å². The fraction of sp³-hybridized carbons (Fsp3) is 0.381. The van der Waals surface area contributed by atoms with E-state index in [2.05, 4.69) is 20.8 Å². The highest BCUT2D eigenvalue weighted by molar-refractivity contribution is 9.10. The third-order valence-corrected chi connectivity index (χ3v) is 5.57. The van der Waals surface area contributed by atoms with E-state index in [1.165, 1.54) is 0 Å². The minimum absolute atomic E-state index is 0.212. The molecule has 0 bridgehead atoms. The first-order chi connectivity index (χ1) is 12.1. The molecule has 2 aromatic rings. The monoisotopic (exact) mass is 401 g/mol. The van der Waals surface area contributed by atoms with Crippen LogP contribution in [0.15, 0.2) is 59.1 Å². The van der Waals surface area contributed by atoms with Gasteiger partial charge in [0, 0.05) is 29.5 Å². The summed E-state index contributed by atoms with van der Waals surface area (Å²) in [6, 6.07) is 17.4. The second kappa shape index (κ2) is 8.26. The molecular formula is C21H24BrNO2. The van der Waals surface area contributed by atoms with Gasteiger partial charge in [0.25, 0.3) is 0 Å². The highest BCUT2D eigenvalue weighted by atomic mass is 79.9. The predicted molar refractivity (Wildman–Crippen MR) is 104 cm³/mol. The second-order valence-corrected chi connectivity index (χ2v) is 7.69. The Balaban J connectivity index is 1.45. The quantitative estimate of drug-likeness (QED) is 0.729. The first-order valence-electron chi connectivity index (χ1n) is 8.86. The molecule has 1 heterocycles. The van der Waals surface area contributed by atoms with Crippen molar-refractivity contribution >= 4 is 21.7 Å². The van der Waals surface area contributed by atoms with Gasteiger partial charge in [-0.25, -0.2) is 0 Å². The van der Waals surface area contributed by atoms with Crippen LogP contribution in [-0.4, -0.2) is 35.4 Å². The van der Waals surface area contributed by atoms with Crippen molar-refractivity contribution in [3.8, 4) is 0 Å². The molecule has 3 nitrogen and oxygen atoms in total. The average Bonchev–Trinajstić information content (AvgIpc) is 2.64. The smallest absolute Gasteiger partial charge is 0.162 e. The Labute approximate surface area is 157 Å². The summed E-state index contributed by atoms with van der Waals surface area (Å²) in [5.74, 6) is 0.212. The number of benzene rings is 2. The number of hydrogen-bond donors (Lipinski definition) is 1. The molecule has 0 atom stereocenters. The molecule has 25 heavy (non-hydrogen) atoms. The molecule has 2 aromatic carbocycles. The Morgan fingerprint density at radius 1 is 1.04 bits per heavy atom. The van der Waals surface area contributed by atoms with E-state index in [1.54, 1.807) is 0 Å². The molecule has 0 aromatic heterocycles. The number of rotatable bonds is 6. The van der Waals surface area contributed by atoms with Crippen LogP contribution in [0.25, 0.3) is 0 Å². The Morgan fingerprint density at radius 3 is 2.32 bits per heavy atom. The minimum atomic E-state index is -0.725. The van der Waals surface area contributed by atoms with Crippen molar-refractivity contribution in [1.29, 1.82) is 0 Å². The van der Waals surface area contributed by atoms with Crippen molar-refractivity contribution in [2.45, 2.75) is 31.3 Å². The fourth-order valence-electron chi connectivity index (χ4n) is 3.43. The molecule has 1 N–H and O–H groups in total. The van der Waals surface area contributed by atoms with E-state index < -0.39 is 5.60 Å². The summed E-state index contributed by atoms with van der Waals surface area (Å²) < 4.78 is 1.03. The number of piperidine rings is 1. The van der Waals surface area contributed by atoms with E-state index in [1.807, 2.05) is 54.6 Å². The molecule has 1 aliphatic heterocycles. The lowest BCUT2D eigenvalue weighted by Crippen LogP contribution is -2.42. The van der Waals surface area contributed by atoms with Crippen LogP contribution in [0.3, 0.4) is 0 Å². The lowest BCUT2D eigenvalue weighted by molar-refractivity contribution is -0.0260. The second-order valence-electron chi connectivity index (χ2n) is 6.77. The number of halogens is 1. The molecule has 0 amide bonds. The topological polar surface area (TPSA) is 40.5 Å². The normalized spacial score (nSPS) is 17.4. The molecule has 1 aliphatic rings. The zero-order valence-corrected chi connectivity index (χ0v) is 15.9. The SMILES string of the molecule is O=C(CCCN1CCC(O)(c2ccc(Br)cc2)CC1)c1ccccc1. The summed E-state index contributed by atoms with van der Waals surface area (Å²) in [5, 5.41) is 10.9. The maximum Gasteiger partial charge on any atom is 0.162 e. The maximum atomic E-state index is 12.1. The molecule has 3 rings (SSSR count). The highest BCUT2D eigenvalue weighted by Crippen LogP contribution is 2.33. The van der Waals surface area contributed by atoms with E-state index in [0.717, 1.165) is 54.5 Å². The number of nitrogens with zero attached hydrogens (tertiary/aromatic N) is 1. The van der Waals surface area contributed by atoms with Gasteiger partial charge in [-0.3, -0.25) is 4.79 Å². The molecule has 4 heteroatoms. The third kappa shape index (κ3) is 4.78. The lowest BCUT2D eigenvalue weighted by atomic mass is 9.84. The molecule has 132 valence electrons. The molecule has 0 saturated carbocycles. The van der Waals surface area contributed by atoms with Crippen molar-refractivity contribution in [1.82, 2.24) is 4.90 Å². The largest absolute Gasteiger partial charge is 0.385 e. The number of hydrogen-bond acceptors (Lipinski definition) is 3. The lowest BCUT2D eigenvalue weighted by Gasteiger charge is -2.38. The van der Waals surface area contributed by atoms with Crippen LogP contribution < -0.4 is 0 Å². The van der Waals surface area contributed by atoms with E-state index in [4.69, 9.17) is 0 Å². The van der Waals surface area contributed by atoms with Crippen LogP contribution in [0.4, 0.5) is 0 Å². The number of aliphatic hydroxyl groups is 1. The van der Waals surface area contributed by atoms with Gasteiger partial charge in [-0.15, -0.1) is 0 Å². The summed E-state index contributed by atoms with van der Waals surface area (Å²) in [6.07, 6.45) is 2.92. The first-order valence-corrected chi connectivity index (χ1v) is 9.65. The highest BCUT2D eigenvalue weighted by Gasteiger charge is 2.33. The van der Waals surface area contributed by atoms with Gasteiger partial charge >= 0.3 is 0 Å². The number of carbonyl (C=O) groups is 1. The molecule has 0 unspecified atom stereocenters. The van der Waals surface area contributed by atoms with Gasteiger partial charge in [-0.1, -0.05) is 58.4 Å². The molecule has 1 fully saturated rings. The van der Waals surface area contributed by atoms with Crippen molar-refractivity contribution < 1.29 is 9.90 Å². The number of likely N-dealkylation sites (tertiary alicyclic amines) is 1. The van der Waals surface area contributed by atoms with Crippen molar-refractivity contribution in [2.75, 3.05) is 19.6 Å². The van der Waals surface area contributed by atoms with Gasteiger partial charge < -0.3 is 10.0 Å². The standard InChI is InChI=1S/C21H24BrNO2/c22-19-10-8-18(9-11-19)21(25)12-15-23(16-13-21)14-4-7-20(24)17-5-2-1-3-6-17/h1-3,5-6,8-11,25H,4,7,12-16H2. The van der Waals surface area contributed by atoms with Crippen LogP contribution >= 0.6 is 15.9 Å². The number of Topliss-reactive ketones (excluding diaryl/α,β-unsaturated/α-hetero) is 1. The fourth-order valence-corrected chi connectivity index (χ4v) is 3.69. The van der Waals surface area contributed by atoms with Gasteiger partial charge in [-0.05, 0) is 43.5 Å². The number of carbonyl (C=O) groups excluding carboxylic acids is 1. The summed E-state index contributed by atoms with van der Waals surface area (Å²) >= 11 is 3.44. The molecular weight excluding hydrogens is 378 g/mol. The van der Waals surface area contributed by atoms with E-state index in [9.17, 15) is 9.90 Å². The zero-order valence-electron chi connectivity index (χ0n) is 14.3. The Hall–Kier alpha value is -1.49. The Bertz CT molecular complexity index is 692. The van der Waals surface area contributed by atoms with E-state index >= 15 is 0 Å². The predicted octanol–water partition coefficient (Wildman–Crippen LogP) is 4.40. The maximum absolute atomic E-state index is 12.1. The van der Waals surface area contributed by atoms with Crippen molar-refractivity contribution in [3.05, 3.63) is 70.2 Å². The van der Waals surface area contributed by atoms with Gasteiger partial charge in [-0.2, -0.15) is 0 Å².